The van der Waals surface area contributed by atoms with Gasteiger partial charge in [-0.2, -0.15) is 4.89 Å². The van der Waals surface area contributed by atoms with Crippen molar-refractivity contribution < 1.29 is 33.9 Å². The molecule has 7 nitrogen and oxygen atoms in total. The zero-order valence-electron chi connectivity index (χ0n) is 12.3. The van der Waals surface area contributed by atoms with Gasteiger partial charge in [-0.3, -0.25) is 0 Å². The van der Waals surface area contributed by atoms with Crippen LogP contribution in [-0.4, -0.2) is 36.0 Å². The maximum Gasteiger partial charge on any atom is 0.505 e. The molecule has 0 saturated heterocycles. The third-order valence-electron chi connectivity index (χ3n) is 2.21. The minimum absolute atomic E-state index is 0.154. The number of carboxylic acid groups (broad SMARTS) is 1. The van der Waals surface area contributed by atoms with Crippen LogP contribution >= 0.6 is 0 Å². The molecule has 1 N–H and O–H groups in total. The Bertz CT molecular complexity index is 347. The number of rotatable bonds is 9. The molecule has 116 valence electrons. The van der Waals surface area contributed by atoms with Gasteiger partial charge in [0.15, 0.2) is 0 Å². The number of carbonyl (C=O) groups is 2. The first-order chi connectivity index (χ1) is 9.28. The van der Waals surface area contributed by atoms with E-state index in [0.717, 1.165) is 19.1 Å². The predicted molar refractivity (Wildman–Crippen MR) is 69.8 cm³/mol. The van der Waals surface area contributed by atoms with Gasteiger partial charge >= 0.3 is 12.1 Å². The largest absolute Gasteiger partial charge is 0.505 e. The summed E-state index contributed by atoms with van der Waals surface area (Å²) in [4.78, 5) is 31.5. The van der Waals surface area contributed by atoms with Crippen LogP contribution in [0.4, 0.5) is 4.79 Å². The third-order valence-corrected chi connectivity index (χ3v) is 2.21. The monoisotopic (exact) mass is 290 g/mol. The summed E-state index contributed by atoms with van der Waals surface area (Å²) in [6, 6.07) is 0. The van der Waals surface area contributed by atoms with Crippen molar-refractivity contribution in [2.24, 2.45) is 0 Å². The van der Waals surface area contributed by atoms with E-state index in [9.17, 15) is 9.59 Å². The van der Waals surface area contributed by atoms with E-state index in [0.29, 0.717) is 0 Å². The van der Waals surface area contributed by atoms with Crippen molar-refractivity contribution in [3.8, 4) is 0 Å². The minimum Gasteiger partial charge on any atom is -0.459 e. The molecular formula is C13H22O7. The average Bonchev–Trinajstić information content (AvgIpc) is 2.33. The van der Waals surface area contributed by atoms with Gasteiger partial charge in [0.05, 0.1) is 5.57 Å². The molecule has 0 aromatic heterocycles. The van der Waals surface area contributed by atoms with Crippen LogP contribution in [0.25, 0.3) is 0 Å². The molecule has 0 aliphatic carbocycles. The van der Waals surface area contributed by atoms with Gasteiger partial charge < -0.3 is 19.5 Å². The van der Waals surface area contributed by atoms with Gasteiger partial charge in [-0.05, 0) is 27.2 Å². The molecule has 0 aliphatic heterocycles. The smallest absolute Gasteiger partial charge is 0.459 e. The zero-order valence-corrected chi connectivity index (χ0v) is 12.3. The van der Waals surface area contributed by atoms with E-state index in [-0.39, 0.29) is 18.8 Å². The second kappa shape index (κ2) is 9.19. The highest BCUT2D eigenvalue weighted by Gasteiger charge is 2.19. The van der Waals surface area contributed by atoms with Gasteiger partial charge in [-0.25, -0.2) is 9.59 Å². The van der Waals surface area contributed by atoms with E-state index >= 15 is 0 Å². The van der Waals surface area contributed by atoms with Crippen LogP contribution in [0.15, 0.2) is 11.8 Å². The van der Waals surface area contributed by atoms with Gasteiger partial charge in [-0.15, -0.1) is 0 Å². The Morgan fingerprint density at radius 3 is 2.35 bits per heavy atom. The Kier molecular flexibility index (Phi) is 8.38. The molecule has 0 radical (unpaired) electrons. The highest BCUT2D eigenvalue weighted by molar-refractivity contribution is 5.87. The van der Waals surface area contributed by atoms with Crippen LogP contribution < -0.4 is 0 Å². The first-order valence-corrected chi connectivity index (χ1v) is 6.32. The maximum atomic E-state index is 11.4. The Morgan fingerprint density at radius 2 is 1.80 bits per heavy atom. The Hall–Kier alpha value is -1.76. The summed E-state index contributed by atoms with van der Waals surface area (Å²) >= 11 is 0. The van der Waals surface area contributed by atoms with Crippen LogP contribution in [0.3, 0.4) is 0 Å². The molecule has 0 atom stereocenters. The number of ether oxygens (including phenoxy) is 2. The summed E-state index contributed by atoms with van der Waals surface area (Å²) in [6.45, 7) is 6.91. The second-order valence-electron chi connectivity index (χ2n) is 4.74. The van der Waals surface area contributed by atoms with Crippen molar-refractivity contribution in [1.82, 2.24) is 0 Å². The van der Waals surface area contributed by atoms with Crippen molar-refractivity contribution in [1.29, 1.82) is 0 Å². The van der Waals surface area contributed by atoms with Gasteiger partial charge in [0, 0.05) is 0 Å². The Labute approximate surface area is 118 Å². The normalized spacial score (nSPS) is 11.9. The highest BCUT2D eigenvalue weighted by atomic mass is 17.2. The number of carbonyl (C=O) groups excluding carboxylic acids is 1. The zero-order chi connectivity index (χ0) is 15.6. The molecule has 7 heteroatoms. The van der Waals surface area contributed by atoms with E-state index in [1.165, 1.54) is 6.92 Å². The van der Waals surface area contributed by atoms with Gasteiger partial charge in [0.25, 0.3) is 0 Å². The molecule has 0 rings (SSSR count). The molecule has 0 fully saturated rings. The fourth-order valence-electron chi connectivity index (χ4n) is 1.30. The van der Waals surface area contributed by atoms with Crippen LogP contribution in [0.5, 0.6) is 0 Å². The van der Waals surface area contributed by atoms with E-state index in [4.69, 9.17) is 19.6 Å². The minimum atomic E-state index is -1.41. The topological polar surface area (TPSA) is 91.3 Å². The van der Waals surface area contributed by atoms with Gasteiger partial charge in [-0.1, -0.05) is 13.3 Å². The molecule has 0 heterocycles. The van der Waals surface area contributed by atoms with Crippen molar-refractivity contribution in [2.45, 2.75) is 46.1 Å². The molecule has 0 aliphatic rings. The third kappa shape index (κ3) is 9.21. The quantitative estimate of drug-likeness (QED) is 0.174. The summed E-state index contributed by atoms with van der Waals surface area (Å²) in [5.74, 6) is -0.629. The summed E-state index contributed by atoms with van der Waals surface area (Å²) < 4.78 is 8.94. The predicted octanol–water partition coefficient (Wildman–Crippen LogP) is 2.65. The molecule has 0 amide bonds. The van der Waals surface area contributed by atoms with Crippen molar-refractivity contribution in [3.05, 3.63) is 11.8 Å². The van der Waals surface area contributed by atoms with E-state index in [1.54, 1.807) is 0 Å². The molecule has 0 spiro atoms. The van der Waals surface area contributed by atoms with Crippen LogP contribution in [0.2, 0.25) is 0 Å². The number of hydrogen-bond donors (Lipinski definition) is 1. The molecule has 20 heavy (non-hydrogen) atoms. The summed E-state index contributed by atoms with van der Waals surface area (Å²) in [5, 5.41) is 8.21. The second-order valence-corrected chi connectivity index (χ2v) is 4.74. The van der Waals surface area contributed by atoms with E-state index in [2.05, 4.69) is 4.74 Å². The standard InChI is InChI=1S/C13H22O7/c1-5-6-13(3,4)20-19-9-10(2)11(14)17-7-8-18-12(15)16/h9H,5-8H2,1-4H3,(H,15,16). The summed E-state index contributed by atoms with van der Waals surface area (Å²) in [6.07, 6.45) is 1.50. The molecule has 0 aromatic rings. The van der Waals surface area contributed by atoms with Crippen LogP contribution in [-0.2, 0) is 24.0 Å². The van der Waals surface area contributed by atoms with Crippen LogP contribution in [0, 0.1) is 0 Å². The summed E-state index contributed by atoms with van der Waals surface area (Å²) in [5.41, 5.74) is -0.238. The lowest BCUT2D eigenvalue weighted by Crippen LogP contribution is -2.23. The fraction of sp³-hybridized carbons (Fsp3) is 0.692. The van der Waals surface area contributed by atoms with Crippen molar-refractivity contribution >= 4 is 12.1 Å². The maximum absolute atomic E-state index is 11.4. The van der Waals surface area contributed by atoms with E-state index < -0.39 is 17.7 Å². The van der Waals surface area contributed by atoms with Crippen LogP contribution in [0.1, 0.15) is 40.5 Å². The molecular weight excluding hydrogens is 268 g/mol. The Morgan fingerprint density at radius 1 is 1.20 bits per heavy atom. The van der Waals surface area contributed by atoms with Gasteiger partial charge in [0.1, 0.15) is 25.1 Å². The molecule has 0 saturated carbocycles. The SMILES string of the molecule is CCCC(C)(C)OOC=C(C)C(=O)OCCOC(=O)O. The Balaban J connectivity index is 3.98. The highest BCUT2D eigenvalue weighted by Crippen LogP contribution is 2.17. The summed E-state index contributed by atoms with van der Waals surface area (Å²) in [7, 11) is 0. The lowest BCUT2D eigenvalue weighted by Gasteiger charge is -2.21. The fourth-order valence-corrected chi connectivity index (χ4v) is 1.30. The number of esters is 1. The first kappa shape index (κ1) is 18.2. The van der Waals surface area contributed by atoms with Crippen molar-refractivity contribution in [3.63, 3.8) is 0 Å². The van der Waals surface area contributed by atoms with E-state index in [1.807, 2.05) is 20.8 Å². The van der Waals surface area contributed by atoms with Gasteiger partial charge in [0.2, 0.25) is 0 Å². The average molecular weight is 290 g/mol. The lowest BCUT2D eigenvalue weighted by atomic mass is 10.0. The number of hydrogen-bond acceptors (Lipinski definition) is 6. The molecule has 0 bridgehead atoms. The lowest BCUT2D eigenvalue weighted by molar-refractivity contribution is -0.318. The molecule has 0 unspecified atom stereocenters. The van der Waals surface area contributed by atoms with Crippen molar-refractivity contribution in [2.75, 3.05) is 13.2 Å². The molecule has 0 aromatic carbocycles. The first-order valence-electron chi connectivity index (χ1n) is 6.32.